The lowest BCUT2D eigenvalue weighted by atomic mass is 9.90. The first-order chi connectivity index (χ1) is 14.0. The maximum Gasteiger partial charge on any atom is 0.336 e. The number of hydrogen-bond donors (Lipinski definition) is 1. The number of rotatable bonds is 7. The molecule has 1 saturated heterocycles. The summed E-state index contributed by atoms with van der Waals surface area (Å²) >= 11 is 0. The van der Waals surface area contributed by atoms with Crippen molar-refractivity contribution in [1.29, 1.82) is 5.26 Å². The maximum atomic E-state index is 11.6. The molecule has 0 amide bonds. The molecule has 0 radical (unpaired) electrons. The Labute approximate surface area is 175 Å². The number of unbranched alkanes of at least 4 members (excludes halogenated alkanes) is 2. The van der Waals surface area contributed by atoms with Crippen LogP contribution in [0.2, 0.25) is 24.7 Å². The van der Waals surface area contributed by atoms with Crippen LogP contribution in [-0.4, -0.2) is 19.1 Å². The Balaban J connectivity index is 1.72. The van der Waals surface area contributed by atoms with Gasteiger partial charge in [-0.15, -0.1) is 0 Å². The van der Waals surface area contributed by atoms with Gasteiger partial charge in [-0.05, 0) is 53.6 Å². The largest absolute Gasteiger partial charge is 0.478 e. The zero-order valence-corrected chi connectivity index (χ0v) is 18.6. The number of benzene rings is 2. The first kappa shape index (κ1) is 21.3. The van der Waals surface area contributed by atoms with Gasteiger partial charge in [0.2, 0.25) is 0 Å². The van der Waals surface area contributed by atoms with Crippen molar-refractivity contribution in [3.05, 3.63) is 59.2 Å². The van der Waals surface area contributed by atoms with Crippen LogP contribution in [0.15, 0.2) is 42.5 Å². The summed E-state index contributed by atoms with van der Waals surface area (Å²) in [6.45, 7) is 4.87. The molecule has 2 aromatic carbocycles. The lowest BCUT2D eigenvalue weighted by Gasteiger charge is -2.36. The van der Waals surface area contributed by atoms with Gasteiger partial charge in [0.15, 0.2) is 0 Å². The summed E-state index contributed by atoms with van der Waals surface area (Å²) in [6.07, 6.45) is 6.67. The summed E-state index contributed by atoms with van der Waals surface area (Å²) < 4.78 is 0. The molecule has 2 aromatic rings. The Morgan fingerprint density at radius 2 is 1.83 bits per heavy atom. The van der Waals surface area contributed by atoms with E-state index in [4.69, 9.17) is 5.26 Å². The second-order valence-corrected chi connectivity index (χ2v) is 14.0. The third kappa shape index (κ3) is 5.16. The molecule has 1 aliphatic heterocycles. The fourth-order valence-electron chi connectivity index (χ4n) is 4.67. The maximum absolute atomic E-state index is 11.6. The normalized spacial score (nSPS) is 21.5. The molecule has 1 aliphatic rings. The van der Waals surface area contributed by atoms with E-state index in [0.29, 0.717) is 17.0 Å². The van der Waals surface area contributed by atoms with E-state index >= 15 is 0 Å². The fourth-order valence-corrected chi connectivity index (χ4v) is 8.62. The number of carboxylic acid groups (broad SMARTS) is 1. The molecule has 29 heavy (non-hydrogen) atoms. The van der Waals surface area contributed by atoms with Crippen LogP contribution >= 0.6 is 0 Å². The van der Waals surface area contributed by atoms with Crippen molar-refractivity contribution in [2.24, 2.45) is 0 Å². The second kappa shape index (κ2) is 9.41. The molecule has 0 unspecified atom stereocenters. The van der Waals surface area contributed by atoms with Crippen LogP contribution in [-0.2, 0) is 0 Å². The first-order valence-corrected chi connectivity index (χ1v) is 14.0. The summed E-state index contributed by atoms with van der Waals surface area (Å²) in [5.74, 6) is -0.339. The number of hydrogen-bond acceptors (Lipinski definition) is 2. The van der Waals surface area contributed by atoms with Crippen LogP contribution in [0.5, 0.6) is 0 Å². The molecule has 1 N–H and O–H groups in total. The molecule has 0 spiro atoms. The van der Waals surface area contributed by atoms with Crippen LogP contribution in [0.3, 0.4) is 0 Å². The molecule has 1 heterocycles. The molecule has 0 bridgehead atoms. The summed E-state index contributed by atoms with van der Waals surface area (Å²) in [6, 6.07) is 19.6. The van der Waals surface area contributed by atoms with Gasteiger partial charge in [-0.1, -0.05) is 75.1 Å². The quantitative estimate of drug-likeness (QED) is 0.396. The van der Waals surface area contributed by atoms with Crippen LogP contribution < -0.4 is 0 Å². The van der Waals surface area contributed by atoms with E-state index in [1.54, 1.807) is 12.1 Å². The SMILES string of the molecule is CCCCC[Si@]1(C)CC[C@@H](c2ccc(-c3cc(C#N)ccc3C(=O)O)cc2)CC1. The van der Waals surface area contributed by atoms with Crippen molar-refractivity contribution in [1.82, 2.24) is 0 Å². The third-order valence-electron chi connectivity index (χ3n) is 6.65. The van der Waals surface area contributed by atoms with Gasteiger partial charge in [0, 0.05) is 0 Å². The van der Waals surface area contributed by atoms with E-state index in [-0.39, 0.29) is 5.56 Å². The highest BCUT2D eigenvalue weighted by Gasteiger charge is 2.32. The Morgan fingerprint density at radius 3 is 2.41 bits per heavy atom. The van der Waals surface area contributed by atoms with Crippen molar-refractivity contribution in [2.75, 3.05) is 0 Å². The van der Waals surface area contributed by atoms with Gasteiger partial charge < -0.3 is 5.11 Å². The number of nitrogens with zero attached hydrogens (tertiary/aromatic N) is 1. The fraction of sp³-hybridized carbons (Fsp3) is 0.440. The molecule has 3 nitrogen and oxygen atoms in total. The zero-order chi connectivity index (χ0) is 20.9. The Morgan fingerprint density at radius 1 is 1.14 bits per heavy atom. The summed E-state index contributed by atoms with van der Waals surface area (Å²) in [5.41, 5.74) is 3.56. The molecule has 152 valence electrons. The zero-order valence-electron chi connectivity index (χ0n) is 17.6. The van der Waals surface area contributed by atoms with Gasteiger partial charge in [0.25, 0.3) is 0 Å². The monoisotopic (exact) mass is 405 g/mol. The van der Waals surface area contributed by atoms with E-state index in [0.717, 1.165) is 5.56 Å². The smallest absolute Gasteiger partial charge is 0.336 e. The molecule has 4 heteroatoms. The number of carbonyl (C=O) groups is 1. The molecule has 3 rings (SSSR count). The Bertz CT molecular complexity index is 890. The van der Waals surface area contributed by atoms with Crippen LogP contribution in [0, 0.1) is 11.3 Å². The minimum absolute atomic E-state index is 0.239. The van der Waals surface area contributed by atoms with E-state index in [9.17, 15) is 9.90 Å². The minimum atomic E-state index is -1.04. The number of nitriles is 1. The van der Waals surface area contributed by atoms with Gasteiger partial charge in [-0.3, -0.25) is 0 Å². The average molecular weight is 406 g/mol. The van der Waals surface area contributed by atoms with Crippen molar-refractivity contribution >= 4 is 14.0 Å². The summed E-state index contributed by atoms with van der Waals surface area (Å²) in [4.78, 5) is 11.6. The van der Waals surface area contributed by atoms with Crippen molar-refractivity contribution in [3.63, 3.8) is 0 Å². The van der Waals surface area contributed by atoms with Crippen molar-refractivity contribution in [2.45, 2.75) is 69.6 Å². The lowest BCUT2D eigenvalue weighted by molar-refractivity contribution is 0.0697. The van der Waals surface area contributed by atoms with Gasteiger partial charge in [0.05, 0.1) is 25.3 Å². The van der Waals surface area contributed by atoms with E-state index < -0.39 is 14.0 Å². The van der Waals surface area contributed by atoms with Crippen LogP contribution in [0.1, 0.15) is 66.4 Å². The van der Waals surface area contributed by atoms with Gasteiger partial charge >= 0.3 is 5.97 Å². The van der Waals surface area contributed by atoms with Crippen molar-refractivity contribution in [3.8, 4) is 17.2 Å². The highest BCUT2D eigenvalue weighted by atomic mass is 28.3. The molecule has 0 saturated carbocycles. The predicted molar refractivity (Wildman–Crippen MR) is 121 cm³/mol. The van der Waals surface area contributed by atoms with E-state index in [1.807, 2.05) is 12.1 Å². The molecular weight excluding hydrogens is 374 g/mol. The second-order valence-electron chi connectivity index (χ2n) is 8.84. The summed E-state index contributed by atoms with van der Waals surface area (Å²) in [7, 11) is -1.04. The number of carboxylic acids is 1. The first-order valence-electron chi connectivity index (χ1n) is 10.8. The molecule has 0 aliphatic carbocycles. The Hall–Kier alpha value is -2.38. The van der Waals surface area contributed by atoms with Crippen LogP contribution in [0.4, 0.5) is 0 Å². The molecule has 0 aromatic heterocycles. The molecule has 1 fully saturated rings. The Kier molecular flexibility index (Phi) is 6.92. The topological polar surface area (TPSA) is 61.1 Å². The lowest BCUT2D eigenvalue weighted by Crippen LogP contribution is -2.34. The predicted octanol–water partition coefficient (Wildman–Crippen LogP) is 7.07. The van der Waals surface area contributed by atoms with Gasteiger partial charge in [-0.25, -0.2) is 4.79 Å². The van der Waals surface area contributed by atoms with E-state index in [2.05, 4.69) is 31.7 Å². The van der Waals surface area contributed by atoms with Gasteiger partial charge in [0.1, 0.15) is 0 Å². The average Bonchev–Trinajstić information content (AvgIpc) is 2.74. The van der Waals surface area contributed by atoms with Gasteiger partial charge in [-0.2, -0.15) is 5.26 Å². The minimum Gasteiger partial charge on any atom is -0.478 e. The van der Waals surface area contributed by atoms with E-state index in [1.165, 1.54) is 61.9 Å². The standard InChI is InChI=1S/C25H31NO2Si/c1-3-4-5-14-29(2)15-12-21(13-16-29)20-7-9-22(10-8-20)24-17-19(18-26)6-11-23(24)25(27)28/h6-11,17,21H,3-5,12-16H2,1-2H3,(H,27,28)/t21-,29-. The molecular formula is C25H31NO2Si. The summed E-state index contributed by atoms with van der Waals surface area (Å²) in [5, 5.41) is 18.7. The van der Waals surface area contributed by atoms with Crippen molar-refractivity contribution < 1.29 is 9.90 Å². The number of aromatic carboxylic acids is 1. The highest BCUT2D eigenvalue weighted by molar-refractivity contribution is 6.78. The third-order valence-corrected chi connectivity index (χ3v) is 11.2. The highest BCUT2D eigenvalue weighted by Crippen LogP contribution is 2.41. The molecule has 0 atom stereocenters. The van der Waals surface area contributed by atoms with Crippen LogP contribution in [0.25, 0.3) is 11.1 Å².